The van der Waals surface area contributed by atoms with Crippen molar-refractivity contribution in [3.63, 3.8) is 0 Å². The molecular weight excluding hydrogens is 332 g/mol. The van der Waals surface area contributed by atoms with Gasteiger partial charge in [-0.25, -0.2) is 9.78 Å². The second-order valence-electron chi connectivity index (χ2n) is 6.53. The molecule has 0 spiro atoms. The molecule has 1 aliphatic rings. The number of benzene rings is 1. The predicted molar refractivity (Wildman–Crippen MR) is 99.8 cm³/mol. The third-order valence-electron chi connectivity index (χ3n) is 4.92. The number of carbonyl (C=O) groups is 1. The topological polar surface area (TPSA) is 68.6 Å². The van der Waals surface area contributed by atoms with E-state index in [2.05, 4.69) is 14.9 Å². The number of likely N-dealkylation sites (tertiary alicyclic amines) is 1. The van der Waals surface area contributed by atoms with Gasteiger partial charge in [0.1, 0.15) is 5.82 Å². The summed E-state index contributed by atoms with van der Waals surface area (Å²) < 4.78 is 12.8. The highest BCUT2D eigenvalue weighted by Gasteiger charge is 2.24. The van der Waals surface area contributed by atoms with Gasteiger partial charge in [-0.1, -0.05) is 6.07 Å². The number of aryl methyl sites for hydroxylation is 1. The average molecular weight is 358 g/mol. The molecule has 0 atom stereocenters. The first kappa shape index (κ1) is 18.1. The molecule has 0 aliphatic carbocycles. The summed E-state index contributed by atoms with van der Waals surface area (Å²) in [5, 5.41) is 2.94. The number of para-hydroxylation sites is 1. The van der Waals surface area contributed by atoms with Crippen molar-refractivity contribution in [1.29, 1.82) is 0 Å². The number of nitrogens with zero attached hydrogens (tertiary/aromatic N) is 3. The summed E-state index contributed by atoms with van der Waals surface area (Å²) >= 11 is 0. The standard InChI is InChI=1S/C19H26N4O3/c1-14-20-9-12-23(14)13-15-7-10-22(11-8-15)19(24)21-16-5-4-6-17(25-2)18(16)26-3/h4-6,9,12,15H,7-8,10-11,13H2,1-3H3,(H,21,24). The molecule has 1 fully saturated rings. The molecule has 140 valence electrons. The summed E-state index contributed by atoms with van der Waals surface area (Å²) in [7, 11) is 3.15. The van der Waals surface area contributed by atoms with E-state index in [4.69, 9.17) is 9.47 Å². The molecule has 3 rings (SSSR count). The summed E-state index contributed by atoms with van der Waals surface area (Å²) in [6.45, 7) is 4.47. The number of piperidine rings is 1. The molecule has 7 heteroatoms. The van der Waals surface area contributed by atoms with Crippen LogP contribution in [-0.2, 0) is 6.54 Å². The van der Waals surface area contributed by atoms with E-state index in [-0.39, 0.29) is 6.03 Å². The molecule has 0 saturated carbocycles. The van der Waals surface area contributed by atoms with Crippen molar-refractivity contribution in [2.45, 2.75) is 26.3 Å². The molecule has 0 radical (unpaired) electrons. The highest BCUT2D eigenvalue weighted by atomic mass is 16.5. The van der Waals surface area contributed by atoms with Crippen molar-refractivity contribution in [2.24, 2.45) is 5.92 Å². The normalized spacial score (nSPS) is 15.0. The van der Waals surface area contributed by atoms with Crippen molar-refractivity contribution in [1.82, 2.24) is 14.5 Å². The van der Waals surface area contributed by atoms with Gasteiger partial charge in [0.05, 0.1) is 19.9 Å². The van der Waals surface area contributed by atoms with E-state index in [1.165, 1.54) is 0 Å². The summed E-state index contributed by atoms with van der Waals surface area (Å²) in [5.41, 5.74) is 0.619. The summed E-state index contributed by atoms with van der Waals surface area (Å²) in [4.78, 5) is 18.7. The minimum Gasteiger partial charge on any atom is -0.493 e. The number of aromatic nitrogens is 2. The molecule has 1 N–H and O–H groups in total. The second kappa shape index (κ2) is 8.12. The number of rotatable bonds is 5. The quantitative estimate of drug-likeness (QED) is 0.891. The van der Waals surface area contributed by atoms with E-state index in [1.807, 2.05) is 36.4 Å². The molecule has 2 amide bonds. The molecule has 26 heavy (non-hydrogen) atoms. The Kier molecular flexibility index (Phi) is 5.65. The predicted octanol–water partition coefficient (Wildman–Crippen LogP) is 3.15. The summed E-state index contributed by atoms with van der Waals surface area (Å²) in [6.07, 6.45) is 5.82. The van der Waals surface area contributed by atoms with Gasteiger partial charge in [0.15, 0.2) is 11.5 Å². The van der Waals surface area contributed by atoms with Gasteiger partial charge >= 0.3 is 6.03 Å². The molecule has 0 unspecified atom stereocenters. The van der Waals surface area contributed by atoms with Gasteiger partial charge in [0.2, 0.25) is 0 Å². The maximum Gasteiger partial charge on any atom is 0.321 e. The van der Waals surface area contributed by atoms with Crippen LogP contribution in [0.3, 0.4) is 0 Å². The van der Waals surface area contributed by atoms with Crippen LogP contribution in [0.25, 0.3) is 0 Å². The summed E-state index contributed by atoms with van der Waals surface area (Å²) in [5.74, 6) is 2.74. The van der Waals surface area contributed by atoms with Crippen LogP contribution in [-0.4, -0.2) is 47.8 Å². The van der Waals surface area contributed by atoms with Gasteiger partial charge < -0.3 is 24.3 Å². The van der Waals surface area contributed by atoms with E-state index >= 15 is 0 Å². The van der Waals surface area contributed by atoms with Crippen molar-refractivity contribution >= 4 is 11.7 Å². The highest BCUT2D eigenvalue weighted by molar-refractivity contribution is 5.91. The maximum absolute atomic E-state index is 12.6. The van der Waals surface area contributed by atoms with Crippen LogP contribution < -0.4 is 14.8 Å². The minimum atomic E-state index is -0.103. The van der Waals surface area contributed by atoms with Crippen LogP contribution in [0.4, 0.5) is 10.5 Å². The lowest BCUT2D eigenvalue weighted by Crippen LogP contribution is -2.41. The lowest BCUT2D eigenvalue weighted by molar-refractivity contribution is 0.176. The number of ether oxygens (including phenoxy) is 2. The number of imidazole rings is 1. The number of amides is 2. The largest absolute Gasteiger partial charge is 0.493 e. The highest BCUT2D eigenvalue weighted by Crippen LogP contribution is 2.35. The Labute approximate surface area is 153 Å². The Morgan fingerprint density at radius 3 is 2.65 bits per heavy atom. The van der Waals surface area contributed by atoms with Gasteiger partial charge in [-0.05, 0) is 37.8 Å². The van der Waals surface area contributed by atoms with E-state index in [0.717, 1.165) is 38.3 Å². The van der Waals surface area contributed by atoms with E-state index in [1.54, 1.807) is 20.3 Å². The fourth-order valence-corrected chi connectivity index (χ4v) is 3.37. The first-order valence-corrected chi connectivity index (χ1v) is 8.87. The molecule has 2 aromatic rings. The molecule has 1 saturated heterocycles. The van der Waals surface area contributed by atoms with Crippen LogP contribution in [0.2, 0.25) is 0 Å². The Bertz CT molecular complexity index is 751. The van der Waals surface area contributed by atoms with Gasteiger partial charge in [-0.2, -0.15) is 0 Å². The molecular formula is C19H26N4O3. The Balaban J connectivity index is 1.57. The number of hydrogen-bond acceptors (Lipinski definition) is 4. The fourth-order valence-electron chi connectivity index (χ4n) is 3.37. The van der Waals surface area contributed by atoms with Crippen LogP contribution >= 0.6 is 0 Å². The van der Waals surface area contributed by atoms with Crippen molar-refractivity contribution in [2.75, 3.05) is 32.6 Å². The van der Waals surface area contributed by atoms with E-state index in [9.17, 15) is 4.79 Å². The van der Waals surface area contributed by atoms with Gasteiger partial charge in [0.25, 0.3) is 0 Å². The van der Waals surface area contributed by atoms with Gasteiger partial charge in [-0.3, -0.25) is 0 Å². The lowest BCUT2D eigenvalue weighted by Gasteiger charge is -2.32. The average Bonchev–Trinajstić information content (AvgIpc) is 3.06. The van der Waals surface area contributed by atoms with Crippen molar-refractivity contribution < 1.29 is 14.3 Å². The van der Waals surface area contributed by atoms with Gasteiger partial charge in [-0.15, -0.1) is 0 Å². The SMILES string of the molecule is COc1cccc(NC(=O)N2CCC(Cn3ccnc3C)CC2)c1OC. The minimum absolute atomic E-state index is 0.103. The van der Waals surface area contributed by atoms with Crippen molar-refractivity contribution in [3.8, 4) is 11.5 Å². The first-order valence-electron chi connectivity index (χ1n) is 8.87. The van der Waals surface area contributed by atoms with Crippen LogP contribution in [0, 0.1) is 12.8 Å². The Morgan fingerprint density at radius 1 is 1.27 bits per heavy atom. The number of methoxy groups -OCH3 is 2. The molecule has 1 aromatic heterocycles. The zero-order valence-corrected chi connectivity index (χ0v) is 15.6. The number of urea groups is 1. The zero-order chi connectivity index (χ0) is 18.5. The van der Waals surface area contributed by atoms with Gasteiger partial charge in [0, 0.05) is 32.0 Å². The molecule has 7 nitrogen and oxygen atoms in total. The Morgan fingerprint density at radius 2 is 2.04 bits per heavy atom. The van der Waals surface area contributed by atoms with Crippen LogP contribution in [0.5, 0.6) is 11.5 Å². The fraction of sp³-hybridized carbons (Fsp3) is 0.474. The zero-order valence-electron chi connectivity index (χ0n) is 15.6. The summed E-state index contributed by atoms with van der Waals surface area (Å²) in [6, 6.07) is 5.34. The smallest absolute Gasteiger partial charge is 0.321 e. The number of nitrogens with one attached hydrogen (secondary N) is 1. The Hall–Kier alpha value is -2.70. The van der Waals surface area contributed by atoms with Crippen molar-refractivity contribution in [3.05, 3.63) is 36.4 Å². The third-order valence-corrected chi connectivity index (χ3v) is 4.92. The number of anilines is 1. The number of hydrogen-bond donors (Lipinski definition) is 1. The van der Waals surface area contributed by atoms with Crippen LogP contribution in [0.1, 0.15) is 18.7 Å². The van der Waals surface area contributed by atoms with E-state index < -0.39 is 0 Å². The monoisotopic (exact) mass is 358 g/mol. The third kappa shape index (κ3) is 3.92. The maximum atomic E-state index is 12.6. The lowest BCUT2D eigenvalue weighted by atomic mass is 9.97. The molecule has 1 aliphatic heterocycles. The number of carbonyl (C=O) groups excluding carboxylic acids is 1. The second-order valence-corrected chi connectivity index (χ2v) is 6.53. The first-order chi connectivity index (χ1) is 12.6. The van der Waals surface area contributed by atoms with Crippen LogP contribution in [0.15, 0.2) is 30.6 Å². The molecule has 2 heterocycles. The molecule has 1 aromatic carbocycles. The molecule has 0 bridgehead atoms. The van der Waals surface area contributed by atoms with E-state index in [0.29, 0.717) is 23.1 Å².